The molecule has 1 aromatic heterocycles. The number of nitrogens with zero attached hydrogens (tertiary/aromatic N) is 4. The van der Waals surface area contributed by atoms with Crippen molar-refractivity contribution in [3.05, 3.63) is 41.7 Å². The van der Waals surface area contributed by atoms with Gasteiger partial charge >= 0.3 is 0 Å². The Bertz CT molecular complexity index is 516. The summed E-state index contributed by atoms with van der Waals surface area (Å²) in [5.74, 6) is 1.30. The van der Waals surface area contributed by atoms with Gasteiger partial charge in [-0.3, -0.25) is 0 Å². The molecule has 0 aliphatic carbocycles. The predicted molar refractivity (Wildman–Crippen MR) is 72.7 cm³/mol. The van der Waals surface area contributed by atoms with E-state index in [4.69, 9.17) is 0 Å². The summed E-state index contributed by atoms with van der Waals surface area (Å²) in [5, 5.41) is 16.1. The first-order valence-corrected chi connectivity index (χ1v) is 6.86. The molecule has 1 fully saturated rings. The van der Waals surface area contributed by atoms with E-state index in [1.54, 1.807) is 4.80 Å². The van der Waals surface area contributed by atoms with Crippen LogP contribution in [0.1, 0.15) is 30.3 Å². The summed E-state index contributed by atoms with van der Waals surface area (Å²) in [6, 6.07) is 10.7. The Hall–Kier alpha value is -1.75. The van der Waals surface area contributed by atoms with Gasteiger partial charge < -0.3 is 5.32 Å². The fourth-order valence-corrected chi connectivity index (χ4v) is 2.82. The van der Waals surface area contributed by atoms with Gasteiger partial charge in [0.2, 0.25) is 0 Å². The molecule has 5 heteroatoms. The summed E-state index contributed by atoms with van der Waals surface area (Å²) in [5.41, 5.74) is 1.27. The van der Waals surface area contributed by atoms with Gasteiger partial charge in [-0.2, -0.15) is 4.80 Å². The van der Waals surface area contributed by atoms with Gasteiger partial charge in [-0.15, -0.1) is 10.2 Å². The Morgan fingerprint density at radius 3 is 2.58 bits per heavy atom. The van der Waals surface area contributed by atoms with Crippen molar-refractivity contribution in [2.24, 2.45) is 5.92 Å². The highest BCUT2D eigenvalue weighted by atomic mass is 15.6. The number of benzene rings is 1. The maximum atomic E-state index is 4.44. The summed E-state index contributed by atoms with van der Waals surface area (Å²) in [4.78, 5) is 1.79. The van der Waals surface area contributed by atoms with E-state index in [-0.39, 0.29) is 6.04 Å². The molecule has 3 rings (SSSR count). The third-order valence-corrected chi connectivity index (χ3v) is 3.75. The van der Waals surface area contributed by atoms with Crippen molar-refractivity contribution < 1.29 is 0 Å². The normalized spacial score (nSPS) is 18.4. The Morgan fingerprint density at radius 1 is 1.21 bits per heavy atom. The van der Waals surface area contributed by atoms with E-state index in [1.165, 1.54) is 5.56 Å². The molecule has 100 valence electrons. The number of tetrazole rings is 1. The van der Waals surface area contributed by atoms with Gasteiger partial charge in [0.1, 0.15) is 6.04 Å². The second-order valence-electron chi connectivity index (χ2n) is 5.10. The van der Waals surface area contributed by atoms with Crippen molar-refractivity contribution >= 4 is 0 Å². The Kier molecular flexibility index (Phi) is 3.55. The molecule has 1 aliphatic heterocycles. The van der Waals surface area contributed by atoms with Crippen LogP contribution in [0.15, 0.2) is 30.3 Å². The van der Waals surface area contributed by atoms with E-state index in [1.807, 2.05) is 13.0 Å². The van der Waals surface area contributed by atoms with Crippen molar-refractivity contribution in [2.75, 3.05) is 13.1 Å². The number of hydrogen-bond acceptors (Lipinski definition) is 4. The Labute approximate surface area is 113 Å². The molecule has 0 radical (unpaired) electrons. The minimum atomic E-state index is 0.199. The Balaban J connectivity index is 1.95. The van der Waals surface area contributed by atoms with Gasteiger partial charge in [0.15, 0.2) is 5.82 Å². The van der Waals surface area contributed by atoms with Crippen LogP contribution in [0.25, 0.3) is 0 Å². The molecule has 2 aromatic rings. The quantitative estimate of drug-likeness (QED) is 0.907. The molecule has 0 unspecified atom stereocenters. The molecule has 2 heterocycles. The molecule has 1 aliphatic rings. The fraction of sp³-hybridized carbons (Fsp3) is 0.500. The van der Waals surface area contributed by atoms with E-state index in [0.717, 1.165) is 31.8 Å². The number of nitrogens with one attached hydrogen (secondary N) is 1. The fourth-order valence-electron chi connectivity index (χ4n) is 2.82. The van der Waals surface area contributed by atoms with E-state index < -0.39 is 0 Å². The first-order valence-electron chi connectivity index (χ1n) is 6.86. The van der Waals surface area contributed by atoms with Gasteiger partial charge in [-0.05, 0) is 49.5 Å². The number of piperidine rings is 1. The summed E-state index contributed by atoms with van der Waals surface area (Å²) < 4.78 is 0. The van der Waals surface area contributed by atoms with Gasteiger partial charge in [-0.25, -0.2) is 0 Å². The lowest BCUT2D eigenvalue weighted by Gasteiger charge is -2.30. The third-order valence-electron chi connectivity index (χ3n) is 3.75. The van der Waals surface area contributed by atoms with Crippen LogP contribution in [0.4, 0.5) is 0 Å². The lowest BCUT2D eigenvalue weighted by Crippen LogP contribution is -2.34. The van der Waals surface area contributed by atoms with Crippen molar-refractivity contribution in [3.8, 4) is 0 Å². The zero-order chi connectivity index (χ0) is 13.1. The molecule has 19 heavy (non-hydrogen) atoms. The first kappa shape index (κ1) is 12.3. The zero-order valence-corrected chi connectivity index (χ0v) is 11.2. The number of hydrogen-bond donors (Lipinski definition) is 1. The monoisotopic (exact) mass is 257 g/mol. The molecular weight excluding hydrogens is 238 g/mol. The van der Waals surface area contributed by atoms with Gasteiger partial charge in [-0.1, -0.05) is 30.3 Å². The summed E-state index contributed by atoms with van der Waals surface area (Å²) in [7, 11) is 0. The van der Waals surface area contributed by atoms with Crippen LogP contribution < -0.4 is 5.32 Å². The van der Waals surface area contributed by atoms with E-state index in [2.05, 4.69) is 45.0 Å². The highest BCUT2D eigenvalue weighted by molar-refractivity contribution is 5.20. The lowest BCUT2D eigenvalue weighted by molar-refractivity contribution is 0.257. The SMILES string of the molecule is Cc1nnn([C@H](c2ccccc2)C2CCNCC2)n1. The van der Waals surface area contributed by atoms with Gasteiger partial charge in [0.25, 0.3) is 0 Å². The maximum Gasteiger partial charge on any atom is 0.171 e. The molecule has 0 spiro atoms. The van der Waals surface area contributed by atoms with Crippen molar-refractivity contribution in [1.29, 1.82) is 0 Å². The summed E-state index contributed by atoms with van der Waals surface area (Å²) >= 11 is 0. The molecule has 0 saturated carbocycles. The molecule has 1 aromatic carbocycles. The molecule has 0 amide bonds. The van der Waals surface area contributed by atoms with Crippen LogP contribution in [0.3, 0.4) is 0 Å². The average molecular weight is 257 g/mol. The number of rotatable bonds is 3. The van der Waals surface area contributed by atoms with E-state index in [0.29, 0.717) is 5.92 Å². The van der Waals surface area contributed by atoms with E-state index in [9.17, 15) is 0 Å². The van der Waals surface area contributed by atoms with E-state index >= 15 is 0 Å². The average Bonchev–Trinajstić information content (AvgIpc) is 2.88. The van der Waals surface area contributed by atoms with Crippen molar-refractivity contribution in [2.45, 2.75) is 25.8 Å². The second kappa shape index (κ2) is 5.48. The van der Waals surface area contributed by atoms with Crippen LogP contribution in [-0.4, -0.2) is 33.3 Å². The molecule has 0 bridgehead atoms. The highest BCUT2D eigenvalue weighted by Gasteiger charge is 2.28. The number of aryl methyl sites for hydroxylation is 1. The Morgan fingerprint density at radius 2 is 1.95 bits per heavy atom. The lowest BCUT2D eigenvalue weighted by atomic mass is 9.86. The minimum Gasteiger partial charge on any atom is -0.317 e. The summed E-state index contributed by atoms with van der Waals surface area (Å²) in [6.45, 7) is 4.03. The molecular formula is C14H19N5. The topological polar surface area (TPSA) is 55.6 Å². The largest absolute Gasteiger partial charge is 0.317 e. The highest BCUT2D eigenvalue weighted by Crippen LogP contribution is 2.31. The van der Waals surface area contributed by atoms with Crippen LogP contribution in [-0.2, 0) is 0 Å². The predicted octanol–water partition coefficient (Wildman–Crippen LogP) is 1.57. The third kappa shape index (κ3) is 2.66. The van der Waals surface area contributed by atoms with Gasteiger partial charge in [0.05, 0.1) is 0 Å². The molecule has 1 saturated heterocycles. The number of aromatic nitrogens is 4. The van der Waals surface area contributed by atoms with Gasteiger partial charge in [0, 0.05) is 0 Å². The van der Waals surface area contributed by atoms with Crippen LogP contribution in [0.5, 0.6) is 0 Å². The molecule has 1 N–H and O–H groups in total. The second-order valence-corrected chi connectivity index (χ2v) is 5.10. The first-order chi connectivity index (χ1) is 9.34. The van der Waals surface area contributed by atoms with Crippen molar-refractivity contribution in [3.63, 3.8) is 0 Å². The zero-order valence-electron chi connectivity index (χ0n) is 11.2. The smallest absolute Gasteiger partial charge is 0.171 e. The van der Waals surface area contributed by atoms with Crippen LogP contribution in [0, 0.1) is 12.8 Å². The minimum absolute atomic E-state index is 0.199. The standard InChI is InChI=1S/C14H19N5/c1-11-16-18-19(17-11)14(12-5-3-2-4-6-12)13-7-9-15-10-8-13/h2-6,13-15H,7-10H2,1H3/t14-/m1/s1. The molecule has 5 nitrogen and oxygen atoms in total. The molecule has 1 atom stereocenters. The van der Waals surface area contributed by atoms with Crippen LogP contribution >= 0.6 is 0 Å². The van der Waals surface area contributed by atoms with Crippen LogP contribution in [0.2, 0.25) is 0 Å². The summed E-state index contributed by atoms with van der Waals surface area (Å²) in [6.07, 6.45) is 2.31. The maximum absolute atomic E-state index is 4.44. The van der Waals surface area contributed by atoms with Crippen molar-refractivity contribution in [1.82, 2.24) is 25.5 Å².